The van der Waals surface area contributed by atoms with E-state index >= 15 is 0 Å². The van der Waals surface area contributed by atoms with Crippen molar-refractivity contribution in [3.63, 3.8) is 0 Å². The molecule has 6 rings (SSSR count). The van der Waals surface area contributed by atoms with Gasteiger partial charge in [0.15, 0.2) is 11.4 Å². The number of H-pyrrole nitrogens is 1. The molecule has 3 aromatic carbocycles. The Labute approximate surface area is 265 Å². The first kappa shape index (κ1) is 32.5. The van der Waals surface area contributed by atoms with Crippen molar-refractivity contribution in [2.24, 2.45) is 5.73 Å². The summed E-state index contributed by atoms with van der Waals surface area (Å²) < 4.78 is 5.59. The van der Waals surface area contributed by atoms with E-state index in [0.717, 1.165) is 22.3 Å². The number of nitrogens with one attached hydrogen (secondary N) is 1. The molecule has 1 unspecified atom stereocenters. The third-order valence-electron chi connectivity index (χ3n) is 6.68. The number of carboxylic acid groups (broad SMARTS) is 2. The van der Waals surface area contributed by atoms with Gasteiger partial charge in [0, 0.05) is 35.3 Å². The smallest absolute Gasteiger partial charge is 0.340 e. The lowest BCUT2D eigenvalue weighted by Gasteiger charge is -2.30. The van der Waals surface area contributed by atoms with Crippen LogP contribution in [0.1, 0.15) is 24.7 Å². The molecule has 228 valence electrons. The summed E-state index contributed by atoms with van der Waals surface area (Å²) in [4.78, 5) is 34.4. The van der Waals surface area contributed by atoms with Crippen molar-refractivity contribution in [1.82, 2.24) is 15.0 Å². The predicted octanol–water partition coefficient (Wildman–Crippen LogP) is 6.33. The quantitative estimate of drug-likeness (QED) is 0.153. The van der Waals surface area contributed by atoms with E-state index in [4.69, 9.17) is 27.8 Å². The van der Waals surface area contributed by atoms with Crippen molar-refractivity contribution in [3.05, 3.63) is 144 Å². The maximum Gasteiger partial charge on any atom is 0.340 e. The molecule has 1 atom stereocenters. The number of aromatic amines is 1. The van der Waals surface area contributed by atoms with Gasteiger partial charge >= 0.3 is 11.9 Å². The SMILES string of the molecule is CC1=CC(OCc2ccccc2)(C(=O)O)CC(C(=O)O)=C1.NC(=S)c1nc(-c2ccccc2)c[nH]1.c1ccc2ncccc2c1. The average Bonchev–Trinajstić information content (AvgIpc) is 3.56. The second kappa shape index (κ2) is 15.3. The van der Waals surface area contributed by atoms with Crippen LogP contribution >= 0.6 is 12.2 Å². The van der Waals surface area contributed by atoms with E-state index in [1.165, 1.54) is 17.5 Å². The number of nitrogens with zero attached hydrogens (tertiary/aromatic N) is 2. The van der Waals surface area contributed by atoms with Crippen LogP contribution in [0.2, 0.25) is 0 Å². The Morgan fingerprint density at radius 1 is 0.956 bits per heavy atom. The monoisotopic (exact) mass is 620 g/mol. The molecule has 5 aromatic rings. The number of hydrogen-bond acceptors (Lipinski definition) is 6. The number of nitrogens with two attached hydrogens (primary N) is 1. The topological polar surface area (TPSA) is 151 Å². The van der Waals surface area contributed by atoms with E-state index in [9.17, 15) is 14.7 Å². The number of ether oxygens (including phenoxy) is 1. The second-order valence-corrected chi connectivity index (χ2v) is 10.5. The minimum Gasteiger partial charge on any atom is -0.479 e. The number of thiocarbonyl (C=S) groups is 1. The highest BCUT2D eigenvalue weighted by Crippen LogP contribution is 2.31. The summed E-state index contributed by atoms with van der Waals surface area (Å²) in [5, 5.41) is 19.8. The molecule has 9 nitrogen and oxygen atoms in total. The van der Waals surface area contributed by atoms with E-state index in [1.54, 1.807) is 13.1 Å². The van der Waals surface area contributed by atoms with Gasteiger partial charge in [-0.05, 0) is 36.8 Å². The summed E-state index contributed by atoms with van der Waals surface area (Å²) in [6, 6.07) is 31.1. The minimum atomic E-state index is -1.64. The normalized spacial score (nSPS) is 15.3. The highest BCUT2D eigenvalue weighted by atomic mass is 32.1. The fourth-order valence-corrected chi connectivity index (χ4v) is 4.61. The Kier molecular flexibility index (Phi) is 11.1. The maximum atomic E-state index is 11.6. The lowest BCUT2D eigenvalue weighted by atomic mass is 9.86. The van der Waals surface area contributed by atoms with Crippen LogP contribution < -0.4 is 5.73 Å². The molecule has 0 saturated heterocycles. The molecule has 0 amide bonds. The van der Waals surface area contributed by atoms with Crippen molar-refractivity contribution in [2.45, 2.75) is 25.6 Å². The summed E-state index contributed by atoms with van der Waals surface area (Å²) in [5.41, 5.74) is 8.20. The van der Waals surface area contributed by atoms with Gasteiger partial charge in [-0.2, -0.15) is 0 Å². The Bertz CT molecular complexity index is 1770. The molecule has 2 aromatic heterocycles. The molecule has 0 fully saturated rings. The molecule has 10 heteroatoms. The van der Waals surface area contributed by atoms with E-state index in [2.05, 4.69) is 27.1 Å². The first-order valence-electron chi connectivity index (χ1n) is 13.9. The minimum absolute atomic E-state index is 0.0328. The summed E-state index contributed by atoms with van der Waals surface area (Å²) in [6.07, 6.45) is 6.34. The summed E-state index contributed by atoms with van der Waals surface area (Å²) in [5.74, 6) is -1.76. The van der Waals surface area contributed by atoms with Gasteiger partial charge in [-0.3, -0.25) is 4.98 Å². The van der Waals surface area contributed by atoms with Gasteiger partial charge in [0.1, 0.15) is 4.99 Å². The molecule has 2 heterocycles. The number of allylic oxidation sites excluding steroid dienone is 2. The third-order valence-corrected chi connectivity index (χ3v) is 6.88. The Balaban J connectivity index is 0.000000165. The van der Waals surface area contributed by atoms with E-state index < -0.39 is 17.5 Å². The van der Waals surface area contributed by atoms with Crippen LogP contribution in [0.5, 0.6) is 0 Å². The fourth-order valence-electron chi connectivity index (χ4n) is 4.51. The largest absolute Gasteiger partial charge is 0.479 e. The van der Waals surface area contributed by atoms with Gasteiger partial charge < -0.3 is 25.7 Å². The summed E-state index contributed by atoms with van der Waals surface area (Å²) in [6.45, 7) is 1.76. The first-order chi connectivity index (χ1) is 21.7. The van der Waals surface area contributed by atoms with Crippen LogP contribution in [0, 0.1) is 0 Å². The highest BCUT2D eigenvalue weighted by molar-refractivity contribution is 7.80. The zero-order valence-electron chi connectivity index (χ0n) is 24.5. The molecular formula is C35H32N4O5S. The van der Waals surface area contributed by atoms with Crippen LogP contribution in [0.15, 0.2) is 133 Å². The Morgan fingerprint density at radius 2 is 1.60 bits per heavy atom. The molecule has 0 aliphatic heterocycles. The average molecular weight is 621 g/mol. The molecule has 1 aliphatic rings. The van der Waals surface area contributed by atoms with Crippen LogP contribution in [-0.2, 0) is 20.9 Å². The molecular weight excluding hydrogens is 588 g/mol. The van der Waals surface area contributed by atoms with Crippen LogP contribution in [0.4, 0.5) is 0 Å². The van der Waals surface area contributed by atoms with Crippen molar-refractivity contribution in [2.75, 3.05) is 0 Å². The maximum absolute atomic E-state index is 11.6. The highest BCUT2D eigenvalue weighted by Gasteiger charge is 2.41. The van der Waals surface area contributed by atoms with E-state index in [-0.39, 0.29) is 23.6 Å². The van der Waals surface area contributed by atoms with Gasteiger partial charge in [0.2, 0.25) is 0 Å². The molecule has 5 N–H and O–H groups in total. The number of benzene rings is 3. The predicted molar refractivity (Wildman–Crippen MR) is 177 cm³/mol. The standard InChI is InChI=1S/C16H16O5.C10H9N3S.C9H7N/c1-11-7-13(14(17)18)9-16(8-11,15(19)20)21-10-12-5-3-2-4-6-12;11-9(14)10-12-6-8(13-10)7-4-2-1-3-5-7;1-2-6-9-8(4-1)5-3-7-10-9/h2-8H,9-10H2,1H3,(H,17,18)(H,19,20);1-6H,(H2,11,14)(H,12,13);1-7H. The molecule has 45 heavy (non-hydrogen) atoms. The second-order valence-electron chi connectivity index (χ2n) is 10.1. The van der Waals surface area contributed by atoms with Gasteiger partial charge in [0.05, 0.1) is 17.8 Å². The van der Waals surface area contributed by atoms with E-state index in [1.807, 2.05) is 91.1 Å². The van der Waals surface area contributed by atoms with E-state index in [0.29, 0.717) is 11.4 Å². The Hall–Kier alpha value is -5.45. The number of carboxylic acids is 2. The molecule has 0 spiro atoms. The lowest BCUT2D eigenvalue weighted by Crippen LogP contribution is -2.42. The molecule has 0 bridgehead atoms. The van der Waals surface area contributed by atoms with Crippen LogP contribution in [0.25, 0.3) is 22.2 Å². The van der Waals surface area contributed by atoms with Gasteiger partial charge in [-0.15, -0.1) is 0 Å². The zero-order chi connectivity index (χ0) is 32.2. The Morgan fingerprint density at radius 3 is 2.22 bits per heavy atom. The number of para-hydroxylation sites is 1. The zero-order valence-corrected chi connectivity index (χ0v) is 25.3. The van der Waals surface area contributed by atoms with Crippen molar-refractivity contribution >= 4 is 40.0 Å². The van der Waals surface area contributed by atoms with Gasteiger partial charge in [-0.25, -0.2) is 14.6 Å². The first-order valence-corrected chi connectivity index (χ1v) is 14.3. The number of pyridine rings is 1. The third kappa shape index (κ3) is 9.02. The number of rotatable bonds is 7. The van der Waals surface area contributed by atoms with Gasteiger partial charge in [0.25, 0.3) is 0 Å². The molecule has 1 aliphatic carbocycles. The number of carbonyl (C=O) groups is 2. The molecule has 0 radical (unpaired) electrons. The number of hydrogen-bond donors (Lipinski definition) is 4. The number of aromatic nitrogens is 3. The summed E-state index contributed by atoms with van der Waals surface area (Å²) in [7, 11) is 0. The number of aliphatic carboxylic acids is 2. The van der Waals surface area contributed by atoms with Crippen molar-refractivity contribution < 1.29 is 24.5 Å². The number of imidazole rings is 1. The molecule has 0 saturated carbocycles. The summed E-state index contributed by atoms with van der Waals surface area (Å²) >= 11 is 4.81. The van der Waals surface area contributed by atoms with Crippen molar-refractivity contribution in [1.29, 1.82) is 0 Å². The van der Waals surface area contributed by atoms with Crippen LogP contribution in [0.3, 0.4) is 0 Å². The number of fused-ring (bicyclic) bond motifs is 1. The lowest BCUT2D eigenvalue weighted by molar-refractivity contribution is -0.161. The van der Waals surface area contributed by atoms with Crippen LogP contribution in [-0.4, -0.2) is 47.7 Å². The van der Waals surface area contributed by atoms with Gasteiger partial charge in [-0.1, -0.05) is 103 Å². The fraction of sp³-hybridized carbons (Fsp3) is 0.114. The van der Waals surface area contributed by atoms with Crippen molar-refractivity contribution in [3.8, 4) is 11.3 Å².